The van der Waals surface area contributed by atoms with Crippen LogP contribution in [0.4, 0.5) is 0 Å². The van der Waals surface area contributed by atoms with Crippen molar-refractivity contribution < 1.29 is 156 Å². The zero-order valence-electron chi connectivity index (χ0n) is 19.8. The standard InChI is InChI=1S/2C6H11O3P.C5H10O2.3V.3W/c2*1-5-4-8-10(3,7)9-6(5)2;1-4(3-6)5(2)7;;;;;;/h2*4-5H,1-3H3;3-4,6-7H,1-2H3;;;;;;/q3*-2;;;;;;. The van der Waals surface area contributed by atoms with E-state index in [1.54, 1.807) is 40.9 Å². The maximum absolute atomic E-state index is 11.1. The van der Waals surface area contributed by atoms with Gasteiger partial charge in [0.1, 0.15) is 0 Å². The molecule has 0 amide bonds. The molecule has 16 heteroatoms. The minimum Gasteiger partial charge on any atom is -0.568 e. The predicted octanol–water partition coefficient (Wildman–Crippen LogP) is 5.48. The van der Waals surface area contributed by atoms with E-state index in [9.17, 15) is 9.13 Å². The van der Waals surface area contributed by atoms with E-state index < -0.39 is 15.2 Å². The Morgan fingerprint density at radius 2 is 1.18 bits per heavy atom. The summed E-state index contributed by atoms with van der Waals surface area (Å²) in [7, 11) is -5.55. The summed E-state index contributed by atoms with van der Waals surface area (Å²) in [6.07, 6.45) is 1.76. The zero-order valence-corrected chi connectivity index (χ0v) is 34.5. The number of hydrogen-bond acceptors (Lipinski definition) is 8. The molecule has 2 heterocycles. The van der Waals surface area contributed by atoms with Crippen LogP contribution in [-0.4, -0.2) is 23.5 Å². The van der Waals surface area contributed by atoms with E-state index in [1.807, 2.05) is 13.8 Å². The van der Waals surface area contributed by atoms with Gasteiger partial charge in [0.25, 0.3) is 15.2 Å². The number of aliphatic hydroxyl groups is 2. The molecule has 2 aliphatic heterocycles. The van der Waals surface area contributed by atoms with Crippen molar-refractivity contribution in [3.63, 3.8) is 0 Å². The van der Waals surface area contributed by atoms with E-state index in [2.05, 4.69) is 0 Å². The van der Waals surface area contributed by atoms with Gasteiger partial charge in [-0.15, -0.1) is 20.8 Å². The summed E-state index contributed by atoms with van der Waals surface area (Å²) >= 11 is 0. The second-order valence-corrected chi connectivity index (χ2v) is 10.5. The smallest absolute Gasteiger partial charge is 0.267 e. The van der Waals surface area contributed by atoms with Crippen LogP contribution in [0.5, 0.6) is 0 Å². The fraction of sp³-hybridized carbons (Fsp3) is 0.647. The van der Waals surface area contributed by atoms with E-state index >= 15 is 0 Å². The molecule has 2 saturated heterocycles. The Hall–Kier alpha value is 4.04. The monoisotopic (exact) mass is 1130 g/mol. The van der Waals surface area contributed by atoms with E-state index in [4.69, 9.17) is 28.3 Å². The van der Waals surface area contributed by atoms with Crippen molar-refractivity contribution in [1.82, 2.24) is 0 Å². The molecule has 197 valence electrons. The Labute approximate surface area is 279 Å². The second-order valence-electron chi connectivity index (χ2n) is 6.59. The van der Waals surface area contributed by atoms with Crippen LogP contribution < -0.4 is 0 Å². The van der Waals surface area contributed by atoms with Gasteiger partial charge in [-0.3, -0.25) is 26.9 Å². The second kappa shape index (κ2) is 26.3. The maximum atomic E-state index is 11.1. The molecule has 0 aromatic carbocycles. The summed E-state index contributed by atoms with van der Waals surface area (Å²) < 4.78 is 41.9. The van der Waals surface area contributed by atoms with Gasteiger partial charge < -0.3 is 28.3 Å². The van der Waals surface area contributed by atoms with E-state index in [1.165, 1.54) is 13.3 Å². The molecule has 5 atom stereocenters. The molecule has 0 aromatic rings. The van der Waals surface area contributed by atoms with Gasteiger partial charge in [-0.25, -0.2) is 38.1 Å². The van der Waals surface area contributed by atoms with Crippen molar-refractivity contribution in [3.05, 3.63) is 38.1 Å². The average Bonchev–Trinajstić information content (AvgIpc) is 2.55. The van der Waals surface area contributed by atoms with Crippen LogP contribution in [0, 0.1) is 55.9 Å². The molecule has 3 radical (unpaired) electrons. The third-order valence-corrected chi connectivity index (χ3v) is 5.95. The Morgan fingerprint density at radius 3 is 1.30 bits per heavy atom. The van der Waals surface area contributed by atoms with Gasteiger partial charge in [0.2, 0.25) is 0 Å². The maximum Gasteiger partial charge on any atom is 0.267 e. The third kappa shape index (κ3) is 26.0. The Kier molecular flexibility index (Phi) is 42.4. The molecule has 0 spiro atoms. The van der Waals surface area contributed by atoms with Gasteiger partial charge in [-0.05, 0) is 0 Å². The molecular formula is C17H32O8P2V3W3-6. The Morgan fingerprint density at radius 1 is 0.909 bits per heavy atom. The fourth-order valence-corrected chi connectivity index (χ4v) is 3.71. The molecule has 8 nitrogen and oxygen atoms in total. The quantitative estimate of drug-likeness (QED) is 0.277. The molecule has 0 aromatic heterocycles. The van der Waals surface area contributed by atoms with Gasteiger partial charge in [0.05, 0.1) is 0 Å². The van der Waals surface area contributed by atoms with Crippen LogP contribution in [0.1, 0.15) is 41.5 Å². The number of rotatable bonds is 2. The van der Waals surface area contributed by atoms with E-state index in [0.717, 1.165) is 18.8 Å². The number of hydrogen-bond donors (Lipinski definition) is 2. The molecule has 0 saturated carbocycles. The van der Waals surface area contributed by atoms with Crippen molar-refractivity contribution in [2.45, 2.75) is 41.5 Å². The summed E-state index contributed by atoms with van der Waals surface area (Å²) in [6.45, 7) is 17.7. The Bertz CT molecular complexity index is 504. The van der Waals surface area contributed by atoms with Gasteiger partial charge in [-0.1, -0.05) is 0 Å². The molecule has 0 aliphatic carbocycles. The first kappa shape index (κ1) is 53.3. The van der Waals surface area contributed by atoms with Crippen LogP contribution in [-0.2, 0) is 146 Å². The molecular weight excluding hydrogens is 1100 g/mol. The Balaban J connectivity index is -0.0000000572. The SMILES string of the molecule is C[C-](O)C(C)[CH-]O.C[C-]1OP(C)(=O)O[CH-]C1C.C[C-]1OP(C)(=O)O[CH-]C1C.[V].[V].[V].[W].[W].[W]. The topological polar surface area (TPSA) is 112 Å². The van der Waals surface area contributed by atoms with Crippen LogP contribution in [0.25, 0.3) is 0 Å². The largest absolute Gasteiger partial charge is 0.568 e. The van der Waals surface area contributed by atoms with E-state index in [-0.39, 0.29) is 143 Å². The van der Waals surface area contributed by atoms with Crippen molar-refractivity contribution >= 4 is 15.2 Å². The van der Waals surface area contributed by atoms with Crippen molar-refractivity contribution in [2.24, 2.45) is 17.8 Å². The third-order valence-electron chi connectivity index (χ3n) is 3.70. The van der Waals surface area contributed by atoms with Crippen LogP contribution in [0.15, 0.2) is 0 Å². The molecule has 5 unspecified atom stereocenters. The minimum atomic E-state index is -2.77. The summed E-state index contributed by atoms with van der Waals surface area (Å²) in [5, 5.41) is 16.7. The molecule has 2 N–H and O–H groups in total. The van der Waals surface area contributed by atoms with Gasteiger partial charge in [0, 0.05) is 132 Å². The van der Waals surface area contributed by atoms with Crippen LogP contribution >= 0.6 is 15.2 Å². The summed E-state index contributed by atoms with van der Waals surface area (Å²) in [4.78, 5) is 0. The first-order valence-electron chi connectivity index (χ1n) is 8.45. The molecule has 2 rings (SSSR count). The predicted molar refractivity (Wildman–Crippen MR) is 102 cm³/mol. The zero-order chi connectivity index (χ0) is 21.4. The summed E-state index contributed by atoms with van der Waals surface area (Å²) in [5.74, 6) is 0.0871. The first-order chi connectivity index (χ1) is 12.2. The molecule has 0 bridgehead atoms. The minimum absolute atomic E-state index is 0. The van der Waals surface area contributed by atoms with Crippen LogP contribution in [0.2, 0.25) is 0 Å². The van der Waals surface area contributed by atoms with Crippen molar-refractivity contribution in [3.8, 4) is 0 Å². The molecule has 33 heavy (non-hydrogen) atoms. The van der Waals surface area contributed by atoms with Crippen molar-refractivity contribution in [1.29, 1.82) is 0 Å². The van der Waals surface area contributed by atoms with Crippen molar-refractivity contribution in [2.75, 3.05) is 13.3 Å². The molecule has 2 fully saturated rings. The average molecular weight is 1130 g/mol. The van der Waals surface area contributed by atoms with Gasteiger partial charge in [-0.2, -0.15) is 20.8 Å². The normalized spacial score (nSPS) is 29.7. The summed E-state index contributed by atoms with van der Waals surface area (Å²) in [5.41, 5.74) is 0. The summed E-state index contributed by atoms with van der Waals surface area (Å²) in [6, 6.07) is 0. The van der Waals surface area contributed by atoms with Crippen LogP contribution in [0.3, 0.4) is 0 Å². The fourth-order valence-electron chi connectivity index (χ4n) is 1.44. The van der Waals surface area contributed by atoms with Gasteiger partial charge in [0.15, 0.2) is 0 Å². The first-order valence-corrected chi connectivity index (χ1v) is 12.4. The number of aliphatic hydroxyl groups excluding tert-OH is 2. The molecule has 2 aliphatic rings. The van der Waals surface area contributed by atoms with Gasteiger partial charge >= 0.3 is 0 Å². The van der Waals surface area contributed by atoms with E-state index in [0.29, 0.717) is 0 Å².